The molecular weight excluding hydrogens is 460 g/mol. The molecule has 2 aromatic carbocycles. The molecule has 1 saturated heterocycles. The molecule has 1 unspecified atom stereocenters. The van der Waals surface area contributed by atoms with Crippen molar-refractivity contribution in [2.45, 2.75) is 37.5 Å². The Morgan fingerprint density at radius 3 is 2.18 bits per heavy atom. The summed E-state index contributed by atoms with van der Waals surface area (Å²) in [5.74, 6) is 1.97. The first-order valence-corrected chi connectivity index (χ1v) is 15.1. The summed E-state index contributed by atoms with van der Waals surface area (Å²) in [6.07, 6.45) is 6.06. The Hall–Kier alpha value is -2.10. The number of hydrogen-bond acceptors (Lipinski definition) is 6. The van der Waals surface area contributed by atoms with Gasteiger partial charge in [0.15, 0.2) is 0 Å². The van der Waals surface area contributed by atoms with Gasteiger partial charge in [-0.2, -0.15) is 3.71 Å². The lowest BCUT2D eigenvalue weighted by Gasteiger charge is -2.34. The molecule has 1 atom stereocenters. The molecule has 2 aromatic rings. The van der Waals surface area contributed by atoms with Crippen LogP contribution in [0.5, 0.6) is 5.75 Å². The predicted molar refractivity (Wildman–Crippen MR) is 131 cm³/mol. The summed E-state index contributed by atoms with van der Waals surface area (Å²) in [6.45, 7) is 3.91. The minimum atomic E-state index is -3.92. The van der Waals surface area contributed by atoms with E-state index in [0.29, 0.717) is 15.5 Å². The number of hydrogen-bond donors (Lipinski definition) is 0. The fourth-order valence-corrected chi connectivity index (χ4v) is 8.02. The highest BCUT2D eigenvalue weighted by molar-refractivity contribution is 8.09. The van der Waals surface area contributed by atoms with Crippen molar-refractivity contribution in [3.63, 3.8) is 0 Å². The maximum atomic E-state index is 12.0. The number of rotatable bonds is 7. The molecule has 0 spiro atoms. The lowest BCUT2D eigenvalue weighted by atomic mass is 9.88. The standard InChI is InChI=1S/C24H32N2O5S2/c1-32(27,28)26(33(2,29)30)22-9-7-19(8-10-22)20-11-15-25(16-12-20)17-13-21-14-18-31-24-6-4-3-5-23(21)24/h3-10,20-21H,11-18H2,1-2H3. The van der Waals surface area contributed by atoms with E-state index in [1.54, 1.807) is 12.1 Å². The molecule has 0 bridgehead atoms. The number of piperidine rings is 1. The summed E-state index contributed by atoms with van der Waals surface area (Å²) in [5, 5.41) is 0. The topological polar surface area (TPSA) is 84.0 Å². The van der Waals surface area contributed by atoms with E-state index in [9.17, 15) is 16.8 Å². The van der Waals surface area contributed by atoms with E-state index in [0.717, 1.165) is 75.7 Å². The first-order valence-electron chi connectivity index (χ1n) is 11.4. The third kappa shape index (κ3) is 5.70. The molecule has 0 aromatic heterocycles. The van der Waals surface area contributed by atoms with Crippen molar-refractivity contribution in [1.82, 2.24) is 4.90 Å². The Morgan fingerprint density at radius 1 is 0.909 bits per heavy atom. The summed E-state index contributed by atoms with van der Waals surface area (Å²) in [4.78, 5) is 2.53. The zero-order valence-electron chi connectivity index (χ0n) is 19.2. The van der Waals surface area contributed by atoms with Crippen LogP contribution in [-0.4, -0.2) is 60.5 Å². The minimum absolute atomic E-state index is 0.151. The quantitative estimate of drug-likeness (QED) is 0.588. The van der Waals surface area contributed by atoms with Crippen molar-refractivity contribution >= 4 is 25.7 Å². The van der Waals surface area contributed by atoms with Gasteiger partial charge in [-0.25, -0.2) is 16.8 Å². The maximum Gasteiger partial charge on any atom is 0.245 e. The third-order valence-corrected chi connectivity index (χ3v) is 9.89. The maximum absolute atomic E-state index is 12.0. The number of ether oxygens (including phenoxy) is 1. The molecule has 4 rings (SSSR count). The van der Waals surface area contributed by atoms with Crippen LogP contribution >= 0.6 is 0 Å². The molecular formula is C24H32N2O5S2. The summed E-state index contributed by atoms with van der Waals surface area (Å²) in [6, 6.07) is 15.3. The second-order valence-electron chi connectivity index (χ2n) is 9.09. The molecule has 0 amide bonds. The van der Waals surface area contributed by atoms with Crippen LogP contribution in [0.2, 0.25) is 0 Å². The monoisotopic (exact) mass is 492 g/mol. The van der Waals surface area contributed by atoms with Crippen LogP contribution in [0.4, 0.5) is 5.69 Å². The molecule has 0 N–H and O–H groups in total. The molecule has 2 heterocycles. The van der Waals surface area contributed by atoms with Crippen molar-refractivity contribution in [1.29, 1.82) is 0 Å². The van der Waals surface area contributed by atoms with Crippen LogP contribution < -0.4 is 8.45 Å². The third-order valence-electron chi connectivity index (χ3n) is 6.64. The second-order valence-corrected chi connectivity index (χ2v) is 13.0. The number of fused-ring (bicyclic) bond motifs is 1. The molecule has 7 nitrogen and oxygen atoms in total. The fraction of sp³-hybridized carbons (Fsp3) is 0.500. The zero-order chi connectivity index (χ0) is 23.6. The van der Waals surface area contributed by atoms with Gasteiger partial charge in [0.05, 0.1) is 24.8 Å². The van der Waals surface area contributed by atoms with Crippen molar-refractivity contribution in [2.75, 3.05) is 42.5 Å². The van der Waals surface area contributed by atoms with E-state index in [4.69, 9.17) is 4.74 Å². The van der Waals surface area contributed by atoms with Crippen molar-refractivity contribution < 1.29 is 21.6 Å². The molecule has 1 fully saturated rings. The highest BCUT2D eigenvalue weighted by atomic mass is 32.3. The molecule has 9 heteroatoms. The largest absolute Gasteiger partial charge is 0.493 e. The van der Waals surface area contributed by atoms with Gasteiger partial charge in [0, 0.05) is 0 Å². The van der Waals surface area contributed by atoms with Crippen LogP contribution in [-0.2, 0) is 20.0 Å². The second kappa shape index (κ2) is 9.64. The van der Waals surface area contributed by atoms with E-state index >= 15 is 0 Å². The van der Waals surface area contributed by atoms with Gasteiger partial charge in [0.25, 0.3) is 0 Å². The highest BCUT2D eigenvalue weighted by Gasteiger charge is 2.28. The van der Waals surface area contributed by atoms with E-state index in [1.165, 1.54) is 5.56 Å². The summed E-state index contributed by atoms with van der Waals surface area (Å²) in [5.41, 5.74) is 2.60. The van der Waals surface area contributed by atoms with Crippen LogP contribution in [0.25, 0.3) is 0 Å². The SMILES string of the molecule is CS(=O)(=O)N(c1ccc(C2CCN(CCC3CCOc4ccccc43)CC2)cc1)S(C)(=O)=O. The number of likely N-dealkylation sites (tertiary alicyclic amines) is 1. The number of para-hydroxylation sites is 1. The average Bonchev–Trinajstić information content (AvgIpc) is 2.77. The van der Waals surface area contributed by atoms with Gasteiger partial charge in [-0.3, -0.25) is 0 Å². The molecule has 0 saturated carbocycles. The van der Waals surface area contributed by atoms with E-state index in [2.05, 4.69) is 23.1 Å². The normalized spacial score (nSPS) is 20.1. The molecule has 33 heavy (non-hydrogen) atoms. The van der Waals surface area contributed by atoms with Crippen molar-refractivity contribution in [3.8, 4) is 5.75 Å². The lowest BCUT2D eigenvalue weighted by Crippen LogP contribution is -2.35. The van der Waals surface area contributed by atoms with Crippen LogP contribution in [0.15, 0.2) is 48.5 Å². The van der Waals surface area contributed by atoms with Crippen LogP contribution in [0, 0.1) is 0 Å². The van der Waals surface area contributed by atoms with Crippen molar-refractivity contribution in [3.05, 3.63) is 59.7 Å². The predicted octanol–water partition coefficient (Wildman–Crippen LogP) is 3.55. The van der Waals surface area contributed by atoms with Gasteiger partial charge in [-0.15, -0.1) is 0 Å². The minimum Gasteiger partial charge on any atom is -0.493 e. The zero-order valence-corrected chi connectivity index (χ0v) is 20.8. The number of benzene rings is 2. The molecule has 2 aliphatic heterocycles. The summed E-state index contributed by atoms with van der Waals surface area (Å²) >= 11 is 0. The number of sulfonamides is 2. The smallest absolute Gasteiger partial charge is 0.245 e. The molecule has 2 aliphatic rings. The molecule has 0 aliphatic carbocycles. The van der Waals surface area contributed by atoms with Gasteiger partial charge >= 0.3 is 0 Å². The highest BCUT2D eigenvalue weighted by Crippen LogP contribution is 2.36. The average molecular weight is 493 g/mol. The fourth-order valence-electron chi connectivity index (χ4n) is 5.04. The molecule has 0 radical (unpaired) electrons. The van der Waals surface area contributed by atoms with Gasteiger partial charge < -0.3 is 9.64 Å². The van der Waals surface area contributed by atoms with E-state index < -0.39 is 20.0 Å². The Labute approximate surface area is 197 Å². The summed E-state index contributed by atoms with van der Waals surface area (Å²) < 4.78 is 54.2. The number of nitrogens with zero attached hydrogens (tertiary/aromatic N) is 2. The van der Waals surface area contributed by atoms with Gasteiger partial charge in [-0.05, 0) is 86.5 Å². The Bertz CT molecular complexity index is 1140. The number of anilines is 1. The van der Waals surface area contributed by atoms with Crippen LogP contribution in [0.3, 0.4) is 0 Å². The lowest BCUT2D eigenvalue weighted by molar-refractivity contribution is 0.195. The first kappa shape index (κ1) is 24.0. The Kier molecular flexibility index (Phi) is 7.02. The van der Waals surface area contributed by atoms with E-state index in [1.807, 2.05) is 18.2 Å². The van der Waals surface area contributed by atoms with Crippen molar-refractivity contribution in [2.24, 2.45) is 0 Å². The van der Waals surface area contributed by atoms with Gasteiger partial charge in [0.1, 0.15) is 5.75 Å². The Balaban J connectivity index is 1.33. The van der Waals surface area contributed by atoms with E-state index in [-0.39, 0.29) is 5.69 Å². The van der Waals surface area contributed by atoms with Gasteiger partial charge in [0.2, 0.25) is 20.0 Å². The van der Waals surface area contributed by atoms with Crippen LogP contribution in [0.1, 0.15) is 48.6 Å². The Morgan fingerprint density at radius 2 is 1.55 bits per heavy atom. The first-order chi connectivity index (χ1) is 15.6. The molecule has 180 valence electrons. The summed E-state index contributed by atoms with van der Waals surface area (Å²) in [7, 11) is -7.85. The van der Waals surface area contributed by atoms with Gasteiger partial charge in [-0.1, -0.05) is 30.3 Å².